The van der Waals surface area contributed by atoms with E-state index < -0.39 is 24.3 Å². The Morgan fingerprint density at radius 2 is 1.97 bits per heavy atom. The van der Waals surface area contributed by atoms with Crippen LogP contribution in [-0.4, -0.2) is 33.1 Å². The molecule has 0 aliphatic carbocycles. The number of benzene rings is 2. The number of ether oxygens (including phenoxy) is 1. The van der Waals surface area contributed by atoms with Crippen LogP contribution in [0.15, 0.2) is 42.6 Å². The number of alkyl halides is 2. The third-order valence-electron chi connectivity index (χ3n) is 4.09. The van der Waals surface area contributed by atoms with Gasteiger partial charge in [-0.25, -0.2) is 14.2 Å². The summed E-state index contributed by atoms with van der Waals surface area (Å²) in [6.07, 6.45) is 1.25. The molecule has 0 aliphatic heterocycles. The first kappa shape index (κ1) is 21.2. The number of carbonyl (C=O) groups is 2. The van der Waals surface area contributed by atoms with Gasteiger partial charge in [-0.2, -0.15) is 8.78 Å². The van der Waals surface area contributed by atoms with Crippen molar-refractivity contribution in [2.24, 2.45) is 7.05 Å². The van der Waals surface area contributed by atoms with Crippen LogP contribution in [0.2, 0.25) is 5.02 Å². The second-order valence-electron chi connectivity index (χ2n) is 6.00. The maximum absolute atomic E-state index is 14.3. The molecule has 0 spiro atoms. The first-order chi connectivity index (χ1) is 14.2. The van der Waals surface area contributed by atoms with E-state index >= 15 is 0 Å². The van der Waals surface area contributed by atoms with E-state index in [1.54, 1.807) is 0 Å². The summed E-state index contributed by atoms with van der Waals surface area (Å²) in [6, 6.07) is 7.08. The summed E-state index contributed by atoms with van der Waals surface area (Å²) in [6.45, 7) is -3.08. The van der Waals surface area contributed by atoms with Crippen LogP contribution in [0.5, 0.6) is 5.75 Å². The highest BCUT2D eigenvalue weighted by Gasteiger charge is 2.19. The Kier molecular flexibility index (Phi) is 5.97. The van der Waals surface area contributed by atoms with Gasteiger partial charge in [-0.15, -0.1) is 0 Å². The number of carbonyl (C=O) groups excluding carboxylic acids is 1. The van der Waals surface area contributed by atoms with E-state index in [2.05, 4.69) is 15.0 Å². The number of amides is 1. The zero-order valence-corrected chi connectivity index (χ0v) is 16.0. The predicted octanol–water partition coefficient (Wildman–Crippen LogP) is 4.43. The Morgan fingerprint density at radius 1 is 1.23 bits per heavy atom. The molecule has 0 aliphatic rings. The predicted molar refractivity (Wildman–Crippen MR) is 102 cm³/mol. The molecule has 0 bridgehead atoms. The summed E-state index contributed by atoms with van der Waals surface area (Å²) in [5.74, 6) is -3.11. The third-order valence-corrected chi connectivity index (χ3v) is 4.40. The van der Waals surface area contributed by atoms with Gasteiger partial charge in [-0.05, 0) is 30.3 Å². The molecule has 1 aromatic heterocycles. The molecular weight excluding hydrogens is 427 g/mol. The molecule has 7 nitrogen and oxygen atoms in total. The van der Waals surface area contributed by atoms with Crippen LogP contribution in [0, 0.1) is 5.82 Å². The summed E-state index contributed by atoms with van der Waals surface area (Å²) < 4.78 is 44.3. The van der Waals surface area contributed by atoms with Gasteiger partial charge in [0.15, 0.2) is 5.82 Å². The highest BCUT2D eigenvalue weighted by atomic mass is 35.5. The van der Waals surface area contributed by atoms with Gasteiger partial charge >= 0.3 is 12.6 Å². The lowest BCUT2D eigenvalue weighted by atomic mass is 10.1. The zero-order chi connectivity index (χ0) is 22.0. The maximum Gasteiger partial charge on any atom is 0.387 e. The molecule has 0 saturated heterocycles. The minimum absolute atomic E-state index is 0.0273. The van der Waals surface area contributed by atoms with Crippen LogP contribution in [0.3, 0.4) is 0 Å². The molecule has 2 aromatic carbocycles. The number of hydrogen-bond donors (Lipinski definition) is 2. The summed E-state index contributed by atoms with van der Waals surface area (Å²) in [7, 11) is 1.47. The van der Waals surface area contributed by atoms with Crippen molar-refractivity contribution in [1.29, 1.82) is 0 Å². The van der Waals surface area contributed by atoms with Gasteiger partial charge in [0.05, 0.1) is 22.5 Å². The average Bonchev–Trinajstić information content (AvgIpc) is 3.02. The molecule has 3 aromatic rings. The van der Waals surface area contributed by atoms with Crippen molar-refractivity contribution >= 4 is 29.2 Å². The molecule has 30 heavy (non-hydrogen) atoms. The third kappa shape index (κ3) is 4.38. The number of aromatic carboxylic acids is 1. The van der Waals surface area contributed by atoms with Crippen molar-refractivity contribution in [2.75, 3.05) is 5.32 Å². The van der Waals surface area contributed by atoms with Gasteiger partial charge in [-0.3, -0.25) is 4.79 Å². The minimum Gasteiger partial charge on any atom is -0.478 e. The van der Waals surface area contributed by atoms with Gasteiger partial charge in [-0.1, -0.05) is 11.6 Å². The maximum atomic E-state index is 14.3. The smallest absolute Gasteiger partial charge is 0.387 e. The molecule has 0 unspecified atom stereocenters. The van der Waals surface area contributed by atoms with E-state index in [0.717, 1.165) is 6.07 Å². The van der Waals surface area contributed by atoms with Gasteiger partial charge in [0.2, 0.25) is 0 Å². The molecule has 0 saturated carbocycles. The number of nitrogens with one attached hydrogen (secondary N) is 1. The molecule has 156 valence electrons. The summed E-state index contributed by atoms with van der Waals surface area (Å²) in [5.41, 5.74) is 0.364. The quantitative estimate of drug-likeness (QED) is 0.592. The number of halogens is 4. The first-order valence-electron chi connectivity index (χ1n) is 8.28. The Morgan fingerprint density at radius 3 is 2.57 bits per heavy atom. The minimum atomic E-state index is -3.08. The number of carboxylic acids is 1. The number of carboxylic acid groups (broad SMARTS) is 1. The van der Waals surface area contributed by atoms with Crippen LogP contribution in [0.4, 0.5) is 18.9 Å². The Bertz CT molecular complexity index is 1130. The van der Waals surface area contributed by atoms with Crippen molar-refractivity contribution in [3.63, 3.8) is 0 Å². The molecule has 0 atom stereocenters. The Labute approximate surface area is 172 Å². The lowest BCUT2D eigenvalue weighted by Gasteiger charge is -2.10. The highest BCUT2D eigenvalue weighted by molar-refractivity contribution is 6.33. The zero-order valence-electron chi connectivity index (χ0n) is 15.2. The fraction of sp³-hybridized carbons (Fsp3) is 0.105. The SMILES string of the molecule is Cn1c(-c2ccc(OC(F)F)cc2F)cnc1C(=O)Nc1ccc(C(=O)O)c(Cl)c1. The molecule has 1 heterocycles. The molecule has 2 N–H and O–H groups in total. The summed E-state index contributed by atoms with van der Waals surface area (Å²) in [4.78, 5) is 27.5. The van der Waals surface area contributed by atoms with Crippen LogP contribution >= 0.6 is 11.6 Å². The lowest BCUT2D eigenvalue weighted by Crippen LogP contribution is -2.17. The molecule has 1 amide bonds. The van der Waals surface area contributed by atoms with Crippen molar-refractivity contribution < 1.29 is 32.6 Å². The monoisotopic (exact) mass is 439 g/mol. The van der Waals surface area contributed by atoms with Gasteiger partial charge < -0.3 is 19.7 Å². The summed E-state index contributed by atoms with van der Waals surface area (Å²) >= 11 is 5.88. The van der Waals surface area contributed by atoms with Crippen LogP contribution in [0.25, 0.3) is 11.3 Å². The summed E-state index contributed by atoms with van der Waals surface area (Å²) in [5, 5.41) is 11.4. The Balaban J connectivity index is 1.84. The fourth-order valence-electron chi connectivity index (χ4n) is 2.70. The van der Waals surface area contributed by atoms with Crippen molar-refractivity contribution in [2.45, 2.75) is 6.61 Å². The average molecular weight is 440 g/mol. The van der Waals surface area contributed by atoms with Gasteiger partial charge in [0.1, 0.15) is 11.6 Å². The van der Waals surface area contributed by atoms with E-state index in [1.807, 2.05) is 0 Å². The number of aromatic nitrogens is 2. The van der Waals surface area contributed by atoms with Crippen LogP contribution in [0.1, 0.15) is 21.0 Å². The van der Waals surface area contributed by atoms with E-state index in [9.17, 15) is 22.8 Å². The van der Waals surface area contributed by atoms with E-state index in [4.69, 9.17) is 16.7 Å². The number of nitrogens with zero attached hydrogens (tertiary/aromatic N) is 2. The number of imidazole rings is 1. The normalized spacial score (nSPS) is 10.9. The highest BCUT2D eigenvalue weighted by Crippen LogP contribution is 2.28. The number of hydrogen-bond acceptors (Lipinski definition) is 4. The largest absolute Gasteiger partial charge is 0.478 e. The molecule has 0 radical (unpaired) electrons. The number of rotatable bonds is 6. The first-order valence-corrected chi connectivity index (χ1v) is 8.66. The van der Waals surface area contributed by atoms with E-state index in [1.165, 1.54) is 48.1 Å². The van der Waals surface area contributed by atoms with Crippen molar-refractivity contribution in [3.8, 4) is 17.0 Å². The molecule has 11 heteroatoms. The molecule has 3 rings (SSSR count). The second-order valence-corrected chi connectivity index (χ2v) is 6.41. The topological polar surface area (TPSA) is 93.5 Å². The molecular formula is C19H13ClF3N3O4. The van der Waals surface area contributed by atoms with Gasteiger partial charge in [0, 0.05) is 24.4 Å². The second kappa shape index (κ2) is 8.46. The van der Waals surface area contributed by atoms with Crippen molar-refractivity contribution in [1.82, 2.24) is 9.55 Å². The molecule has 0 fully saturated rings. The lowest BCUT2D eigenvalue weighted by molar-refractivity contribution is -0.0499. The van der Waals surface area contributed by atoms with E-state index in [-0.39, 0.29) is 39.1 Å². The van der Waals surface area contributed by atoms with Crippen LogP contribution in [-0.2, 0) is 7.05 Å². The number of anilines is 1. The standard InChI is InChI=1S/C19H13ClF3N3O4/c1-26-15(12-5-3-10(7-14(12)21)30-19(22)23)8-24-16(26)17(27)25-9-2-4-11(18(28)29)13(20)6-9/h2-8,19H,1H3,(H,25,27)(H,28,29). The van der Waals surface area contributed by atoms with Gasteiger partial charge in [0.25, 0.3) is 5.91 Å². The Hall–Kier alpha value is -3.53. The van der Waals surface area contributed by atoms with Crippen LogP contribution < -0.4 is 10.1 Å². The fourth-order valence-corrected chi connectivity index (χ4v) is 2.97. The van der Waals surface area contributed by atoms with Crippen molar-refractivity contribution in [3.05, 3.63) is 64.8 Å². The van der Waals surface area contributed by atoms with E-state index in [0.29, 0.717) is 0 Å².